The number of nitrogens with zero attached hydrogens (tertiary/aromatic N) is 1. The lowest BCUT2D eigenvalue weighted by atomic mass is 10.1. The number of ketones is 1. The fraction of sp³-hybridized carbons (Fsp3) is 0.350. The van der Waals surface area contributed by atoms with Crippen LogP contribution < -0.4 is 10.1 Å². The van der Waals surface area contributed by atoms with Crippen molar-refractivity contribution in [2.24, 2.45) is 0 Å². The zero-order valence-electron chi connectivity index (χ0n) is 15.8. The number of hydrogen-bond donors (Lipinski definition) is 1. The maximum atomic E-state index is 12.6. The van der Waals surface area contributed by atoms with Gasteiger partial charge in [-0.15, -0.1) is 13.2 Å². The van der Waals surface area contributed by atoms with E-state index in [2.05, 4.69) is 15.0 Å². The molecule has 0 saturated heterocycles. The lowest BCUT2D eigenvalue weighted by molar-refractivity contribution is -0.274. The van der Waals surface area contributed by atoms with Gasteiger partial charge in [-0.05, 0) is 43.7 Å². The Labute approximate surface area is 160 Å². The van der Waals surface area contributed by atoms with Crippen LogP contribution in [-0.2, 0) is 11.2 Å². The van der Waals surface area contributed by atoms with Crippen molar-refractivity contribution in [2.45, 2.75) is 46.0 Å². The number of hydrogen-bond acceptors (Lipinski definition) is 4. The molecule has 0 aliphatic rings. The van der Waals surface area contributed by atoms with Crippen molar-refractivity contribution in [3.8, 4) is 5.75 Å². The molecule has 1 heterocycles. The smallest absolute Gasteiger partial charge is 0.406 e. The Morgan fingerprint density at radius 3 is 2.57 bits per heavy atom. The molecule has 1 amide bonds. The number of aryl methyl sites for hydroxylation is 1. The topological polar surface area (TPSA) is 68.3 Å². The van der Waals surface area contributed by atoms with Crippen LogP contribution in [0.4, 0.5) is 13.2 Å². The number of pyridine rings is 1. The highest BCUT2D eigenvalue weighted by Gasteiger charge is 2.31. The lowest BCUT2D eigenvalue weighted by Gasteiger charge is -2.16. The van der Waals surface area contributed by atoms with Crippen LogP contribution in [0, 0.1) is 6.92 Å². The molecule has 1 aromatic heterocycles. The van der Waals surface area contributed by atoms with Crippen LogP contribution in [-0.4, -0.2) is 23.0 Å². The highest BCUT2D eigenvalue weighted by Crippen LogP contribution is 2.25. The van der Waals surface area contributed by atoms with Crippen molar-refractivity contribution in [1.82, 2.24) is 10.3 Å². The van der Waals surface area contributed by atoms with E-state index in [1.54, 1.807) is 39.0 Å². The molecule has 0 aliphatic heterocycles. The van der Waals surface area contributed by atoms with Crippen molar-refractivity contribution >= 4 is 11.7 Å². The maximum Gasteiger partial charge on any atom is 0.573 e. The average Bonchev–Trinajstić information content (AvgIpc) is 2.59. The molecule has 1 aromatic carbocycles. The van der Waals surface area contributed by atoms with E-state index in [9.17, 15) is 22.8 Å². The van der Waals surface area contributed by atoms with Crippen molar-refractivity contribution in [3.05, 3.63) is 58.9 Å². The number of ether oxygens (including phenoxy) is 1. The van der Waals surface area contributed by atoms with E-state index in [0.29, 0.717) is 28.9 Å². The van der Waals surface area contributed by atoms with Crippen molar-refractivity contribution < 1.29 is 27.5 Å². The first-order chi connectivity index (χ1) is 13.1. The van der Waals surface area contributed by atoms with Gasteiger partial charge in [0.15, 0.2) is 0 Å². The molecule has 0 saturated carbocycles. The summed E-state index contributed by atoms with van der Waals surface area (Å²) in [5.41, 5.74) is 1.90. The number of Topliss-reactive ketones (excluding diaryl/α,β-unsaturated/α-hetero) is 1. The average molecular weight is 394 g/mol. The molecule has 2 aromatic rings. The summed E-state index contributed by atoms with van der Waals surface area (Å²) in [6.45, 7) is 5.13. The van der Waals surface area contributed by atoms with Crippen LogP contribution in [0.25, 0.3) is 0 Å². The van der Waals surface area contributed by atoms with E-state index in [4.69, 9.17) is 0 Å². The lowest BCUT2D eigenvalue weighted by Crippen LogP contribution is -2.27. The molecule has 8 heteroatoms. The van der Waals surface area contributed by atoms with Crippen LogP contribution in [0.3, 0.4) is 0 Å². The summed E-state index contributed by atoms with van der Waals surface area (Å²) in [5.74, 6) is -0.754. The number of halogens is 3. The molecule has 2 rings (SSSR count). The largest absolute Gasteiger partial charge is 0.573 e. The van der Waals surface area contributed by atoms with E-state index in [1.807, 2.05) is 0 Å². The van der Waals surface area contributed by atoms with Gasteiger partial charge in [0.1, 0.15) is 11.5 Å². The number of nitrogens with one attached hydrogen (secondary N) is 1. The number of carbonyl (C=O) groups is 2. The minimum Gasteiger partial charge on any atom is -0.406 e. The van der Waals surface area contributed by atoms with Gasteiger partial charge in [0, 0.05) is 29.8 Å². The minimum absolute atomic E-state index is 0.0132. The fourth-order valence-electron chi connectivity index (χ4n) is 2.63. The summed E-state index contributed by atoms with van der Waals surface area (Å²) in [6, 6.07) is 8.01. The standard InChI is InChI=1S/C20H21F3N2O3/c1-4-17(26)11-16-9-15(8-12(2)24-16)19(27)25-13(3)14-6-5-7-18(10-14)28-20(21,22)23/h5-10,13H,4,11H2,1-3H3,(H,25,27). The summed E-state index contributed by atoms with van der Waals surface area (Å²) < 4.78 is 41.0. The predicted molar refractivity (Wildman–Crippen MR) is 97.0 cm³/mol. The zero-order chi connectivity index (χ0) is 20.9. The number of amides is 1. The van der Waals surface area contributed by atoms with Crippen LogP contribution >= 0.6 is 0 Å². The molecular formula is C20H21F3N2O3. The molecule has 0 fully saturated rings. The Balaban J connectivity index is 2.14. The predicted octanol–water partition coefficient (Wildman–Crippen LogP) is 4.30. The monoisotopic (exact) mass is 394 g/mol. The molecule has 1 unspecified atom stereocenters. The molecule has 0 radical (unpaired) electrons. The van der Waals surface area contributed by atoms with Crippen molar-refractivity contribution in [1.29, 1.82) is 0 Å². The Bertz CT molecular complexity index is 866. The van der Waals surface area contributed by atoms with Crippen LogP contribution in [0.2, 0.25) is 0 Å². The molecule has 1 N–H and O–H groups in total. The molecule has 0 bridgehead atoms. The second kappa shape index (κ2) is 8.86. The first kappa shape index (κ1) is 21.4. The second-order valence-electron chi connectivity index (χ2n) is 6.37. The van der Waals surface area contributed by atoms with Gasteiger partial charge in [-0.2, -0.15) is 0 Å². The van der Waals surface area contributed by atoms with Crippen LogP contribution in [0.15, 0.2) is 36.4 Å². The van der Waals surface area contributed by atoms with Crippen LogP contribution in [0.5, 0.6) is 5.75 Å². The highest BCUT2D eigenvalue weighted by atomic mass is 19.4. The summed E-state index contributed by atoms with van der Waals surface area (Å²) >= 11 is 0. The molecule has 150 valence electrons. The SMILES string of the molecule is CCC(=O)Cc1cc(C(=O)NC(C)c2cccc(OC(F)(F)F)c2)cc(C)n1. The van der Waals surface area contributed by atoms with Gasteiger partial charge in [-0.1, -0.05) is 19.1 Å². The minimum atomic E-state index is -4.79. The van der Waals surface area contributed by atoms with Crippen molar-refractivity contribution in [3.63, 3.8) is 0 Å². The second-order valence-corrected chi connectivity index (χ2v) is 6.37. The molecule has 1 atom stereocenters. The van der Waals surface area contributed by atoms with E-state index in [-0.39, 0.29) is 18.0 Å². The Hall–Kier alpha value is -2.90. The Morgan fingerprint density at radius 1 is 1.21 bits per heavy atom. The van der Waals surface area contributed by atoms with Gasteiger partial charge in [0.2, 0.25) is 0 Å². The van der Waals surface area contributed by atoms with Gasteiger partial charge in [-0.25, -0.2) is 0 Å². The first-order valence-corrected chi connectivity index (χ1v) is 8.73. The molecule has 28 heavy (non-hydrogen) atoms. The maximum absolute atomic E-state index is 12.6. The summed E-state index contributed by atoms with van der Waals surface area (Å²) in [7, 11) is 0. The summed E-state index contributed by atoms with van der Waals surface area (Å²) in [4.78, 5) is 28.5. The van der Waals surface area contributed by atoms with Gasteiger partial charge in [0.05, 0.1) is 6.04 Å². The first-order valence-electron chi connectivity index (χ1n) is 8.73. The molecule has 5 nitrogen and oxygen atoms in total. The third-order valence-corrected chi connectivity index (χ3v) is 3.98. The van der Waals surface area contributed by atoms with E-state index in [1.165, 1.54) is 18.2 Å². The summed E-state index contributed by atoms with van der Waals surface area (Å²) in [6.07, 6.45) is -4.26. The Kier molecular flexibility index (Phi) is 6.77. The molecule has 0 spiro atoms. The van der Waals surface area contributed by atoms with Crippen molar-refractivity contribution in [2.75, 3.05) is 0 Å². The summed E-state index contributed by atoms with van der Waals surface area (Å²) in [5, 5.41) is 2.74. The molecule has 0 aliphatic carbocycles. The van der Waals surface area contributed by atoms with E-state index in [0.717, 1.165) is 0 Å². The van der Waals surface area contributed by atoms with Crippen LogP contribution in [0.1, 0.15) is 53.6 Å². The number of rotatable bonds is 7. The third kappa shape index (κ3) is 6.37. The van der Waals surface area contributed by atoms with Gasteiger partial charge < -0.3 is 10.1 Å². The third-order valence-electron chi connectivity index (χ3n) is 3.98. The quantitative estimate of drug-likeness (QED) is 0.760. The Morgan fingerprint density at radius 2 is 1.93 bits per heavy atom. The molecular weight excluding hydrogens is 373 g/mol. The van der Waals surface area contributed by atoms with Gasteiger partial charge in [-0.3, -0.25) is 14.6 Å². The highest BCUT2D eigenvalue weighted by molar-refractivity contribution is 5.95. The number of alkyl halides is 3. The van der Waals surface area contributed by atoms with Gasteiger partial charge >= 0.3 is 6.36 Å². The number of carbonyl (C=O) groups excluding carboxylic acids is 2. The number of benzene rings is 1. The normalized spacial score (nSPS) is 12.4. The number of aromatic nitrogens is 1. The van der Waals surface area contributed by atoms with E-state index >= 15 is 0 Å². The van der Waals surface area contributed by atoms with E-state index < -0.39 is 18.3 Å². The zero-order valence-corrected chi connectivity index (χ0v) is 15.8. The van der Waals surface area contributed by atoms with Gasteiger partial charge in [0.25, 0.3) is 5.91 Å². The fourth-order valence-corrected chi connectivity index (χ4v) is 2.63.